The van der Waals surface area contributed by atoms with Crippen LogP contribution < -0.4 is 5.32 Å². The summed E-state index contributed by atoms with van der Waals surface area (Å²) in [5.41, 5.74) is 1.18. The van der Waals surface area contributed by atoms with Crippen LogP contribution in [-0.2, 0) is 13.1 Å². The number of rotatable bonds is 8. The lowest BCUT2D eigenvalue weighted by molar-refractivity contribution is 0.199. The summed E-state index contributed by atoms with van der Waals surface area (Å²) in [5, 5.41) is 12.3. The van der Waals surface area contributed by atoms with Gasteiger partial charge in [0.2, 0.25) is 5.95 Å². The molecule has 0 unspecified atom stereocenters. The van der Waals surface area contributed by atoms with Gasteiger partial charge in [0.25, 0.3) is 0 Å². The SMILES string of the molecule is CCNc1ncc(CN2CCC(c3nnc(CN(C)C)n3C3CC3)CC2)cn1. The van der Waals surface area contributed by atoms with E-state index >= 15 is 0 Å². The zero-order valence-electron chi connectivity index (χ0n) is 17.3. The zero-order chi connectivity index (χ0) is 19.5. The lowest BCUT2D eigenvalue weighted by atomic mass is 9.95. The molecule has 3 heterocycles. The Balaban J connectivity index is 1.36. The van der Waals surface area contributed by atoms with Gasteiger partial charge in [-0.25, -0.2) is 9.97 Å². The molecule has 2 fully saturated rings. The smallest absolute Gasteiger partial charge is 0.222 e. The first kappa shape index (κ1) is 19.3. The molecule has 4 rings (SSSR count). The van der Waals surface area contributed by atoms with Gasteiger partial charge in [-0.15, -0.1) is 10.2 Å². The first-order chi connectivity index (χ1) is 13.6. The molecule has 0 bridgehead atoms. The fourth-order valence-corrected chi connectivity index (χ4v) is 4.03. The van der Waals surface area contributed by atoms with E-state index in [9.17, 15) is 0 Å². The summed E-state index contributed by atoms with van der Waals surface area (Å²) in [6.07, 6.45) is 8.70. The molecule has 2 aromatic rings. The Hall–Kier alpha value is -2.06. The van der Waals surface area contributed by atoms with Crippen LogP contribution in [0.2, 0.25) is 0 Å². The van der Waals surface area contributed by atoms with Crippen LogP contribution in [0.25, 0.3) is 0 Å². The fraction of sp³-hybridized carbons (Fsp3) is 0.700. The molecule has 1 saturated heterocycles. The van der Waals surface area contributed by atoms with Gasteiger partial charge in [0.05, 0.1) is 6.54 Å². The topological polar surface area (TPSA) is 75.0 Å². The zero-order valence-corrected chi connectivity index (χ0v) is 17.3. The van der Waals surface area contributed by atoms with Gasteiger partial charge in [-0.05, 0) is 59.8 Å². The van der Waals surface area contributed by atoms with Crippen LogP contribution in [0.5, 0.6) is 0 Å². The number of piperidine rings is 1. The highest BCUT2D eigenvalue weighted by Crippen LogP contribution is 2.40. The van der Waals surface area contributed by atoms with Gasteiger partial charge in [-0.3, -0.25) is 4.90 Å². The highest BCUT2D eigenvalue weighted by atomic mass is 15.3. The summed E-state index contributed by atoms with van der Waals surface area (Å²) < 4.78 is 2.45. The van der Waals surface area contributed by atoms with Crippen molar-refractivity contribution in [1.29, 1.82) is 0 Å². The molecular formula is C20H32N8. The monoisotopic (exact) mass is 384 g/mol. The van der Waals surface area contributed by atoms with Crippen LogP contribution in [0.1, 0.15) is 61.8 Å². The van der Waals surface area contributed by atoms with Gasteiger partial charge < -0.3 is 14.8 Å². The van der Waals surface area contributed by atoms with Crippen LogP contribution in [0.15, 0.2) is 12.4 Å². The molecule has 2 aromatic heterocycles. The van der Waals surface area contributed by atoms with Crippen molar-refractivity contribution < 1.29 is 0 Å². The lowest BCUT2D eigenvalue weighted by Crippen LogP contribution is -2.33. The summed E-state index contributed by atoms with van der Waals surface area (Å²) in [5.74, 6) is 3.57. The van der Waals surface area contributed by atoms with Crippen molar-refractivity contribution in [2.75, 3.05) is 39.0 Å². The van der Waals surface area contributed by atoms with Crippen molar-refractivity contribution in [3.05, 3.63) is 29.6 Å². The Morgan fingerprint density at radius 3 is 2.39 bits per heavy atom. The maximum atomic E-state index is 4.63. The number of nitrogens with zero attached hydrogens (tertiary/aromatic N) is 7. The molecule has 8 heteroatoms. The predicted octanol–water partition coefficient (Wildman–Crippen LogP) is 2.28. The van der Waals surface area contributed by atoms with Crippen molar-refractivity contribution in [3.8, 4) is 0 Å². The molecule has 2 aliphatic rings. The molecule has 0 amide bonds. The fourth-order valence-electron chi connectivity index (χ4n) is 4.03. The van der Waals surface area contributed by atoms with E-state index in [0.717, 1.165) is 51.4 Å². The molecule has 1 N–H and O–H groups in total. The van der Waals surface area contributed by atoms with Crippen LogP contribution in [0, 0.1) is 0 Å². The van der Waals surface area contributed by atoms with Crippen molar-refractivity contribution >= 4 is 5.95 Å². The number of anilines is 1. The van der Waals surface area contributed by atoms with E-state index in [4.69, 9.17) is 0 Å². The van der Waals surface area contributed by atoms with Crippen molar-refractivity contribution in [3.63, 3.8) is 0 Å². The molecule has 152 valence electrons. The third-order valence-corrected chi connectivity index (χ3v) is 5.56. The Kier molecular flexibility index (Phi) is 5.87. The summed E-state index contributed by atoms with van der Waals surface area (Å²) in [6, 6.07) is 0.630. The van der Waals surface area contributed by atoms with Gasteiger partial charge in [-0.2, -0.15) is 0 Å². The Labute approximate surface area is 167 Å². The van der Waals surface area contributed by atoms with E-state index in [1.54, 1.807) is 0 Å². The molecule has 0 aromatic carbocycles. The van der Waals surface area contributed by atoms with Gasteiger partial charge in [0.1, 0.15) is 11.6 Å². The van der Waals surface area contributed by atoms with Gasteiger partial charge in [0, 0.05) is 43.0 Å². The Morgan fingerprint density at radius 1 is 1.07 bits per heavy atom. The van der Waals surface area contributed by atoms with Gasteiger partial charge in [0.15, 0.2) is 0 Å². The van der Waals surface area contributed by atoms with Crippen LogP contribution in [-0.4, -0.2) is 68.3 Å². The maximum absolute atomic E-state index is 4.63. The predicted molar refractivity (Wildman–Crippen MR) is 109 cm³/mol. The van der Waals surface area contributed by atoms with E-state index < -0.39 is 0 Å². The second kappa shape index (κ2) is 8.53. The molecule has 8 nitrogen and oxygen atoms in total. The highest BCUT2D eigenvalue weighted by molar-refractivity contribution is 5.24. The number of hydrogen-bond acceptors (Lipinski definition) is 7. The highest BCUT2D eigenvalue weighted by Gasteiger charge is 2.33. The Morgan fingerprint density at radius 2 is 1.79 bits per heavy atom. The van der Waals surface area contributed by atoms with E-state index in [0.29, 0.717) is 17.9 Å². The van der Waals surface area contributed by atoms with Crippen LogP contribution in [0.3, 0.4) is 0 Å². The summed E-state index contributed by atoms with van der Waals surface area (Å²) >= 11 is 0. The molecule has 0 atom stereocenters. The third-order valence-electron chi connectivity index (χ3n) is 5.56. The molecule has 28 heavy (non-hydrogen) atoms. The number of hydrogen-bond donors (Lipinski definition) is 1. The summed E-state index contributed by atoms with van der Waals surface area (Å²) in [7, 11) is 4.19. The Bertz CT molecular complexity index is 757. The number of likely N-dealkylation sites (tertiary alicyclic amines) is 1. The molecule has 0 spiro atoms. The second-order valence-electron chi connectivity index (χ2n) is 8.31. The lowest BCUT2D eigenvalue weighted by Gasteiger charge is -2.31. The second-order valence-corrected chi connectivity index (χ2v) is 8.31. The quantitative estimate of drug-likeness (QED) is 0.748. The van der Waals surface area contributed by atoms with Crippen molar-refractivity contribution in [2.24, 2.45) is 0 Å². The van der Waals surface area contributed by atoms with E-state index in [2.05, 4.69) is 60.9 Å². The van der Waals surface area contributed by atoms with E-state index in [-0.39, 0.29) is 0 Å². The standard InChI is InChI=1S/C20H32N8/c1-4-21-20-22-11-15(12-23-20)13-27-9-7-16(8-10-27)19-25-24-18(14-26(2)3)28(19)17-5-6-17/h11-12,16-17H,4-10,13-14H2,1-3H3,(H,21,22,23). The molecule has 0 radical (unpaired) electrons. The van der Waals surface area contributed by atoms with Gasteiger partial charge >= 0.3 is 0 Å². The minimum Gasteiger partial charge on any atom is -0.355 e. The van der Waals surface area contributed by atoms with Crippen molar-refractivity contribution in [2.45, 2.75) is 57.7 Å². The maximum Gasteiger partial charge on any atom is 0.222 e. The molecular weight excluding hydrogens is 352 g/mol. The van der Waals surface area contributed by atoms with Crippen LogP contribution in [0.4, 0.5) is 5.95 Å². The average Bonchev–Trinajstić information content (AvgIpc) is 3.44. The normalized spacial score (nSPS) is 18.7. The number of nitrogens with one attached hydrogen (secondary N) is 1. The average molecular weight is 385 g/mol. The van der Waals surface area contributed by atoms with E-state index in [1.165, 1.54) is 24.2 Å². The minimum atomic E-state index is 0.521. The summed E-state index contributed by atoms with van der Waals surface area (Å²) in [6.45, 7) is 6.84. The van der Waals surface area contributed by atoms with Gasteiger partial charge in [-0.1, -0.05) is 0 Å². The molecule has 1 aliphatic carbocycles. The third kappa shape index (κ3) is 4.50. The first-order valence-corrected chi connectivity index (χ1v) is 10.5. The largest absolute Gasteiger partial charge is 0.355 e. The summed E-state index contributed by atoms with van der Waals surface area (Å²) in [4.78, 5) is 13.5. The molecule has 1 saturated carbocycles. The molecule has 1 aliphatic heterocycles. The first-order valence-electron chi connectivity index (χ1n) is 10.5. The van der Waals surface area contributed by atoms with Crippen LogP contribution >= 0.6 is 0 Å². The van der Waals surface area contributed by atoms with Crippen molar-refractivity contribution in [1.82, 2.24) is 34.5 Å². The van der Waals surface area contributed by atoms with E-state index in [1.807, 2.05) is 12.4 Å². The number of aromatic nitrogens is 5. The minimum absolute atomic E-state index is 0.521.